The van der Waals surface area contributed by atoms with Crippen LogP contribution in [-0.4, -0.2) is 41.0 Å². The summed E-state index contributed by atoms with van der Waals surface area (Å²) in [6.07, 6.45) is 0. The van der Waals surface area contributed by atoms with Crippen LogP contribution >= 0.6 is 27.3 Å². The molecule has 1 rings (SSSR count). The number of carboxylic acid groups (broad SMARTS) is 1. The fourth-order valence-electron chi connectivity index (χ4n) is 1.58. The number of carbonyl (C=O) groups is 2. The molecule has 0 saturated carbocycles. The molecule has 0 aliphatic heterocycles. The number of aliphatic carboxylic acids is 1. The summed E-state index contributed by atoms with van der Waals surface area (Å²) < 4.78 is 1.02. The lowest BCUT2D eigenvalue weighted by Crippen LogP contribution is -2.42. The average Bonchev–Trinajstić information content (AvgIpc) is 2.72. The van der Waals surface area contributed by atoms with Gasteiger partial charge in [0.2, 0.25) is 5.91 Å². The van der Waals surface area contributed by atoms with E-state index >= 15 is 0 Å². The first-order chi connectivity index (χ1) is 8.90. The van der Waals surface area contributed by atoms with Crippen molar-refractivity contribution in [3.8, 4) is 0 Å². The Balaban J connectivity index is 2.63. The lowest BCUT2D eigenvalue weighted by atomic mass is 10.2. The molecule has 1 aromatic heterocycles. The maximum absolute atomic E-state index is 11.1. The van der Waals surface area contributed by atoms with Gasteiger partial charge in [-0.25, -0.2) is 0 Å². The first-order valence-corrected chi connectivity index (χ1v) is 7.46. The van der Waals surface area contributed by atoms with Crippen molar-refractivity contribution in [1.82, 2.24) is 10.2 Å². The van der Waals surface area contributed by atoms with Gasteiger partial charge in [0.15, 0.2) is 0 Å². The Bertz CT molecular complexity index is 450. The number of nitrogens with one attached hydrogen (secondary N) is 1. The molecule has 1 amide bonds. The van der Waals surface area contributed by atoms with Crippen LogP contribution < -0.4 is 5.32 Å². The van der Waals surface area contributed by atoms with Gasteiger partial charge in [-0.15, -0.1) is 11.3 Å². The molecule has 0 aliphatic carbocycles. The number of carboxylic acids is 1. The van der Waals surface area contributed by atoms with Gasteiger partial charge in [-0.2, -0.15) is 0 Å². The normalized spacial score (nSPS) is 12.4. The second kappa shape index (κ2) is 7.62. The largest absolute Gasteiger partial charge is 0.480 e. The van der Waals surface area contributed by atoms with Crippen LogP contribution in [-0.2, 0) is 16.1 Å². The van der Waals surface area contributed by atoms with Gasteiger partial charge < -0.3 is 10.4 Å². The molecule has 0 aromatic carbocycles. The highest BCUT2D eigenvalue weighted by Crippen LogP contribution is 2.23. The summed E-state index contributed by atoms with van der Waals surface area (Å²) >= 11 is 4.97. The highest BCUT2D eigenvalue weighted by molar-refractivity contribution is 9.11. The summed E-state index contributed by atoms with van der Waals surface area (Å²) in [5, 5.41) is 11.8. The molecular formula is C12H17BrN2O3S. The van der Waals surface area contributed by atoms with Gasteiger partial charge in [0.25, 0.3) is 0 Å². The van der Waals surface area contributed by atoms with Gasteiger partial charge in [0.1, 0.15) is 6.04 Å². The fraction of sp³-hybridized carbons (Fsp3) is 0.500. The molecule has 0 saturated heterocycles. The SMILES string of the molecule is CC(=O)NCCN(Cc1ccc(Br)s1)C(C)C(=O)O. The zero-order valence-electron chi connectivity index (χ0n) is 10.9. The zero-order chi connectivity index (χ0) is 14.4. The quantitative estimate of drug-likeness (QED) is 0.789. The van der Waals surface area contributed by atoms with E-state index in [0.717, 1.165) is 8.66 Å². The molecular weight excluding hydrogens is 332 g/mol. The highest BCUT2D eigenvalue weighted by Gasteiger charge is 2.21. The highest BCUT2D eigenvalue weighted by atomic mass is 79.9. The second-order valence-corrected chi connectivity index (χ2v) is 6.72. The van der Waals surface area contributed by atoms with E-state index in [-0.39, 0.29) is 5.91 Å². The number of hydrogen-bond donors (Lipinski definition) is 2. The summed E-state index contributed by atoms with van der Waals surface area (Å²) in [5.41, 5.74) is 0. The van der Waals surface area contributed by atoms with E-state index in [9.17, 15) is 9.59 Å². The molecule has 0 aliphatic rings. The molecule has 5 nitrogen and oxygen atoms in total. The Kier molecular flexibility index (Phi) is 6.47. The van der Waals surface area contributed by atoms with Gasteiger partial charge in [0, 0.05) is 31.4 Å². The summed E-state index contributed by atoms with van der Waals surface area (Å²) in [6, 6.07) is 3.32. The van der Waals surface area contributed by atoms with E-state index in [1.807, 2.05) is 17.0 Å². The number of amides is 1. The van der Waals surface area contributed by atoms with Crippen LogP contribution in [0.1, 0.15) is 18.7 Å². The van der Waals surface area contributed by atoms with Gasteiger partial charge in [0.05, 0.1) is 3.79 Å². The number of thiophene rings is 1. The van der Waals surface area contributed by atoms with Crippen molar-refractivity contribution in [3.05, 3.63) is 20.8 Å². The van der Waals surface area contributed by atoms with Crippen LogP contribution in [0, 0.1) is 0 Å². The van der Waals surface area contributed by atoms with Crippen molar-refractivity contribution in [2.45, 2.75) is 26.4 Å². The predicted molar refractivity (Wildman–Crippen MR) is 78.2 cm³/mol. The second-order valence-electron chi connectivity index (χ2n) is 4.17. The Labute approximate surface area is 124 Å². The maximum atomic E-state index is 11.1. The van der Waals surface area contributed by atoms with E-state index in [1.165, 1.54) is 6.92 Å². The molecule has 0 radical (unpaired) electrons. The summed E-state index contributed by atoms with van der Waals surface area (Å²) in [5.74, 6) is -0.972. The summed E-state index contributed by atoms with van der Waals surface area (Å²) in [7, 11) is 0. The van der Waals surface area contributed by atoms with Crippen molar-refractivity contribution >= 4 is 39.1 Å². The first kappa shape index (κ1) is 16.1. The maximum Gasteiger partial charge on any atom is 0.320 e. The molecule has 1 atom stereocenters. The van der Waals surface area contributed by atoms with Crippen molar-refractivity contribution < 1.29 is 14.7 Å². The predicted octanol–water partition coefficient (Wildman–Crippen LogP) is 1.92. The van der Waals surface area contributed by atoms with Crippen molar-refractivity contribution in [2.24, 2.45) is 0 Å². The standard InChI is InChI=1S/C12H17BrN2O3S/c1-8(12(17)18)15(6-5-14-9(2)16)7-10-3-4-11(13)19-10/h3-4,8H,5-7H2,1-2H3,(H,14,16)(H,17,18). The lowest BCUT2D eigenvalue weighted by Gasteiger charge is -2.25. The van der Waals surface area contributed by atoms with E-state index < -0.39 is 12.0 Å². The molecule has 0 bridgehead atoms. The molecule has 19 heavy (non-hydrogen) atoms. The monoisotopic (exact) mass is 348 g/mol. The minimum atomic E-state index is -0.863. The molecule has 2 N–H and O–H groups in total. The smallest absolute Gasteiger partial charge is 0.320 e. The summed E-state index contributed by atoms with van der Waals surface area (Å²) in [4.78, 5) is 24.9. The van der Waals surface area contributed by atoms with Crippen LogP contribution in [0.5, 0.6) is 0 Å². The van der Waals surface area contributed by atoms with Crippen LogP contribution in [0.25, 0.3) is 0 Å². The number of rotatable bonds is 7. The first-order valence-electron chi connectivity index (χ1n) is 5.85. The average molecular weight is 349 g/mol. The Morgan fingerprint density at radius 1 is 1.53 bits per heavy atom. The zero-order valence-corrected chi connectivity index (χ0v) is 13.3. The third-order valence-corrected chi connectivity index (χ3v) is 4.27. The van der Waals surface area contributed by atoms with Crippen LogP contribution in [0.3, 0.4) is 0 Å². The third-order valence-electron chi connectivity index (χ3n) is 2.67. The van der Waals surface area contributed by atoms with E-state index in [0.29, 0.717) is 19.6 Å². The fourth-order valence-corrected chi connectivity index (χ4v) is 3.09. The topological polar surface area (TPSA) is 69.6 Å². The number of halogens is 1. The minimum Gasteiger partial charge on any atom is -0.480 e. The van der Waals surface area contributed by atoms with E-state index in [1.54, 1.807) is 18.3 Å². The Morgan fingerprint density at radius 3 is 2.68 bits per heavy atom. The Morgan fingerprint density at radius 2 is 2.21 bits per heavy atom. The minimum absolute atomic E-state index is 0.109. The lowest BCUT2D eigenvalue weighted by molar-refractivity contribution is -0.142. The molecule has 106 valence electrons. The molecule has 0 fully saturated rings. The van der Waals surface area contributed by atoms with Crippen molar-refractivity contribution in [1.29, 1.82) is 0 Å². The molecule has 1 unspecified atom stereocenters. The van der Waals surface area contributed by atoms with Gasteiger partial charge in [-0.3, -0.25) is 14.5 Å². The van der Waals surface area contributed by atoms with Crippen LogP contribution in [0.4, 0.5) is 0 Å². The van der Waals surface area contributed by atoms with Gasteiger partial charge >= 0.3 is 5.97 Å². The van der Waals surface area contributed by atoms with Gasteiger partial charge in [-0.05, 0) is 35.0 Å². The summed E-state index contributed by atoms with van der Waals surface area (Å²) in [6.45, 7) is 4.60. The van der Waals surface area contributed by atoms with Gasteiger partial charge in [-0.1, -0.05) is 0 Å². The molecule has 1 heterocycles. The molecule has 1 aromatic rings. The van der Waals surface area contributed by atoms with Crippen molar-refractivity contribution in [2.75, 3.05) is 13.1 Å². The van der Waals surface area contributed by atoms with Crippen LogP contribution in [0.15, 0.2) is 15.9 Å². The van der Waals surface area contributed by atoms with Crippen LogP contribution in [0.2, 0.25) is 0 Å². The number of carbonyl (C=O) groups excluding carboxylic acids is 1. The third kappa shape index (κ3) is 5.71. The molecule has 7 heteroatoms. The molecule has 0 spiro atoms. The number of nitrogens with zero attached hydrogens (tertiary/aromatic N) is 1. The number of hydrogen-bond acceptors (Lipinski definition) is 4. The van der Waals surface area contributed by atoms with Crippen molar-refractivity contribution in [3.63, 3.8) is 0 Å². The Hall–Kier alpha value is -0.920. The van der Waals surface area contributed by atoms with E-state index in [2.05, 4.69) is 21.2 Å². The van der Waals surface area contributed by atoms with E-state index in [4.69, 9.17) is 5.11 Å².